The van der Waals surface area contributed by atoms with Crippen molar-refractivity contribution in [1.29, 1.82) is 0 Å². The van der Waals surface area contributed by atoms with Crippen molar-refractivity contribution in [3.63, 3.8) is 0 Å². The first-order valence-corrected chi connectivity index (χ1v) is 7.16. The minimum absolute atomic E-state index is 0.620. The van der Waals surface area contributed by atoms with Crippen molar-refractivity contribution in [1.82, 2.24) is 19.3 Å². The molecule has 0 fully saturated rings. The Morgan fingerprint density at radius 1 is 1.42 bits per heavy atom. The Hall–Kier alpha value is -1.11. The number of rotatable bonds is 1. The second-order valence-electron chi connectivity index (χ2n) is 4.27. The number of nitrogens with zero attached hydrogens (tertiary/aromatic N) is 3. The molecule has 3 rings (SSSR count). The average molecular weight is 358 g/mol. The van der Waals surface area contributed by atoms with E-state index >= 15 is 0 Å². The van der Waals surface area contributed by atoms with E-state index < -0.39 is 0 Å². The molecule has 19 heavy (non-hydrogen) atoms. The molecule has 4 nitrogen and oxygen atoms in total. The van der Waals surface area contributed by atoms with Crippen molar-refractivity contribution < 1.29 is 0 Å². The second kappa shape index (κ2) is 4.47. The molecule has 0 saturated heterocycles. The third kappa shape index (κ3) is 1.94. The lowest BCUT2D eigenvalue weighted by Crippen LogP contribution is -2.01. The number of benzene rings is 1. The molecule has 0 amide bonds. The standard InChI is InChI=1S/C12H10BrClN4S/c1-6-10-11(17(2)16-6)18(12(19)15-10)9-5-7(14)3-4-8(9)13/h3-5H,1-2H3,(H,15,19). The molecule has 0 unspecified atom stereocenters. The number of nitrogens with one attached hydrogen (secondary N) is 1. The van der Waals surface area contributed by atoms with E-state index in [0.29, 0.717) is 9.79 Å². The Balaban J connectivity index is 2.45. The number of aromatic amines is 1. The molecule has 0 saturated carbocycles. The number of aromatic nitrogens is 4. The average Bonchev–Trinajstić information content (AvgIpc) is 2.81. The summed E-state index contributed by atoms with van der Waals surface area (Å²) in [7, 11) is 1.90. The van der Waals surface area contributed by atoms with Crippen molar-refractivity contribution in [3.05, 3.63) is 38.2 Å². The highest BCUT2D eigenvalue weighted by Crippen LogP contribution is 2.29. The predicted octanol–water partition coefficient (Wildman–Crippen LogP) is 4.15. The number of hydrogen-bond donors (Lipinski definition) is 1. The van der Waals surface area contributed by atoms with E-state index in [1.165, 1.54) is 0 Å². The van der Waals surface area contributed by atoms with Crippen LogP contribution in [0.5, 0.6) is 0 Å². The van der Waals surface area contributed by atoms with Gasteiger partial charge >= 0.3 is 0 Å². The van der Waals surface area contributed by atoms with Gasteiger partial charge < -0.3 is 4.98 Å². The van der Waals surface area contributed by atoms with Crippen LogP contribution in [0.3, 0.4) is 0 Å². The molecule has 7 heteroatoms. The quantitative estimate of drug-likeness (QED) is 0.665. The van der Waals surface area contributed by atoms with E-state index in [9.17, 15) is 0 Å². The third-order valence-corrected chi connectivity index (χ3v) is 4.18. The van der Waals surface area contributed by atoms with E-state index in [1.54, 1.807) is 0 Å². The first-order valence-electron chi connectivity index (χ1n) is 5.59. The third-order valence-electron chi connectivity index (χ3n) is 2.99. The molecule has 0 atom stereocenters. The van der Waals surface area contributed by atoms with Crippen molar-refractivity contribution in [2.45, 2.75) is 6.92 Å². The largest absolute Gasteiger partial charge is 0.327 e. The SMILES string of the molecule is Cc1nn(C)c2c1[nH]c(=S)n2-c1cc(Cl)ccc1Br. The fourth-order valence-corrected chi connectivity index (χ4v) is 3.07. The van der Waals surface area contributed by atoms with Crippen molar-refractivity contribution >= 4 is 50.9 Å². The molecular formula is C12H10BrClN4S. The molecule has 2 aromatic heterocycles. The van der Waals surface area contributed by atoms with Gasteiger partial charge in [0, 0.05) is 16.5 Å². The number of halogens is 2. The lowest BCUT2D eigenvalue weighted by molar-refractivity contribution is 0.759. The lowest BCUT2D eigenvalue weighted by atomic mass is 10.3. The summed E-state index contributed by atoms with van der Waals surface area (Å²) < 4.78 is 5.28. The zero-order valence-corrected chi connectivity index (χ0v) is 13.4. The Labute approximate surface area is 128 Å². The minimum atomic E-state index is 0.620. The number of H-pyrrole nitrogens is 1. The Bertz CT molecular complexity index is 845. The van der Waals surface area contributed by atoms with Crippen LogP contribution in [0.15, 0.2) is 22.7 Å². The molecule has 1 aromatic carbocycles. The number of imidazole rings is 1. The van der Waals surface area contributed by atoms with Gasteiger partial charge in [0.2, 0.25) is 0 Å². The van der Waals surface area contributed by atoms with Crippen LogP contribution in [0.2, 0.25) is 5.02 Å². The molecule has 3 aromatic rings. The molecule has 0 aliphatic heterocycles. The van der Waals surface area contributed by atoms with E-state index in [4.69, 9.17) is 23.8 Å². The molecule has 2 heterocycles. The summed E-state index contributed by atoms with van der Waals surface area (Å²) in [5, 5.41) is 5.06. The van der Waals surface area contributed by atoms with Crippen molar-refractivity contribution in [2.24, 2.45) is 7.05 Å². The van der Waals surface area contributed by atoms with Gasteiger partial charge in [0.15, 0.2) is 10.4 Å². The minimum Gasteiger partial charge on any atom is -0.327 e. The van der Waals surface area contributed by atoms with E-state index in [1.807, 2.05) is 41.4 Å². The highest BCUT2D eigenvalue weighted by atomic mass is 79.9. The molecule has 0 bridgehead atoms. The van der Waals surface area contributed by atoms with Crippen LogP contribution in [-0.4, -0.2) is 19.3 Å². The molecule has 0 spiro atoms. The molecule has 0 radical (unpaired) electrons. The molecule has 0 aliphatic carbocycles. The van der Waals surface area contributed by atoms with Gasteiger partial charge in [-0.1, -0.05) is 11.6 Å². The molecule has 1 N–H and O–H groups in total. The van der Waals surface area contributed by atoms with Crippen LogP contribution in [-0.2, 0) is 7.05 Å². The topological polar surface area (TPSA) is 38.5 Å². The summed E-state index contributed by atoms with van der Waals surface area (Å²) in [6.45, 7) is 1.95. The zero-order valence-electron chi connectivity index (χ0n) is 10.2. The summed E-state index contributed by atoms with van der Waals surface area (Å²) in [6, 6.07) is 5.61. The van der Waals surface area contributed by atoms with Crippen molar-refractivity contribution in [2.75, 3.05) is 0 Å². The maximum atomic E-state index is 6.08. The first kappa shape index (κ1) is 12.9. The number of hydrogen-bond acceptors (Lipinski definition) is 2. The summed E-state index contributed by atoms with van der Waals surface area (Å²) in [4.78, 5) is 3.19. The Kier molecular flexibility index (Phi) is 3.03. The van der Waals surface area contributed by atoms with Gasteiger partial charge in [-0.25, -0.2) is 4.68 Å². The van der Waals surface area contributed by atoms with Crippen LogP contribution >= 0.6 is 39.7 Å². The molecule has 0 aliphatic rings. The smallest absolute Gasteiger partial charge is 0.184 e. The highest BCUT2D eigenvalue weighted by Gasteiger charge is 2.15. The van der Waals surface area contributed by atoms with Crippen molar-refractivity contribution in [3.8, 4) is 5.69 Å². The predicted molar refractivity (Wildman–Crippen MR) is 82.7 cm³/mol. The summed E-state index contributed by atoms with van der Waals surface area (Å²) in [5.74, 6) is 0. The second-order valence-corrected chi connectivity index (χ2v) is 5.95. The van der Waals surface area contributed by atoms with Gasteiger partial charge in [-0.15, -0.1) is 0 Å². The fraction of sp³-hybridized carbons (Fsp3) is 0.167. The van der Waals surface area contributed by atoms with Gasteiger partial charge in [-0.3, -0.25) is 4.57 Å². The van der Waals surface area contributed by atoms with Crippen LogP contribution in [0, 0.1) is 11.7 Å². The Morgan fingerprint density at radius 3 is 2.89 bits per heavy atom. The number of aryl methyl sites for hydroxylation is 2. The Morgan fingerprint density at radius 2 is 2.16 bits per heavy atom. The van der Waals surface area contributed by atoms with Gasteiger partial charge in [0.1, 0.15) is 5.52 Å². The van der Waals surface area contributed by atoms with Crippen LogP contribution in [0.4, 0.5) is 0 Å². The highest BCUT2D eigenvalue weighted by molar-refractivity contribution is 9.10. The normalized spacial score (nSPS) is 11.4. The van der Waals surface area contributed by atoms with E-state index in [2.05, 4.69) is 26.0 Å². The maximum absolute atomic E-state index is 6.08. The lowest BCUT2D eigenvalue weighted by Gasteiger charge is -2.08. The summed E-state index contributed by atoms with van der Waals surface area (Å²) in [5.41, 5.74) is 3.68. The van der Waals surface area contributed by atoms with Crippen LogP contribution < -0.4 is 0 Å². The summed E-state index contributed by atoms with van der Waals surface area (Å²) >= 11 is 15.0. The monoisotopic (exact) mass is 356 g/mol. The van der Waals surface area contributed by atoms with Crippen LogP contribution in [0.25, 0.3) is 16.9 Å². The first-order chi connectivity index (χ1) is 8.99. The maximum Gasteiger partial charge on any atom is 0.184 e. The van der Waals surface area contributed by atoms with E-state index in [0.717, 1.165) is 27.0 Å². The van der Waals surface area contributed by atoms with E-state index in [-0.39, 0.29) is 0 Å². The molecule has 98 valence electrons. The zero-order chi connectivity index (χ0) is 13.7. The van der Waals surface area contributed by atoms with Gasteiger partial charge in [0.25, 0.3) is 0 Å². The summed E-state index contributed by atoms with van der Waals surface area (Å²) in [6.07, 6.45) is 0. The van der Waals surface area contributed by atoms with Gasteiger partial charge in [0.05, 0.1) is 11.4 Å². The molecular weight excluding hydrogens is 348 g/mol. The number of fused-ring (bicyclic) bond motifs is 1. The van der Waals surface area contributed by atoms with Gasteiger partial charge in [-0.05, 0) is 53.3 Å². The fourth-order valence-electron chi connectivity index (χ4n) is 2.19. The van der Waals surface area contributed by atoms with Gasteiger partial charge in [-0.2, -0.15) is 5.10 Å². The van der Waals surface area contributed by atoms with Crippen LogP contribution in [0.1, 0.15) is 5.69 Å².